The Hall–Kier alpha value is -1.43. The third kappa shape index (κ3) is 3.17. The number of hydrogen-bond acceptors (Lipinski definition) is 5. The van der Waals surface area contributed by atoms with Crippen molar-refractivity contribution >= 4 is 12.4 Å². The minimum atomic E-state index is -0.374. The molecule has 6 heteroatoms. The molecule has 1 heterocycles. The van der Waals surface area contributed by atoms with Gasteiger partial charge in [0.2, 0.25) is 0 Å². The molecule has 0 saturated heterocycles. The van der Waals surface area contributed by atoms with Crippen LogP contribution >= 0.6 is 12.4 Å². The smallest absolute Gasteiger partial charge is 0.252 e. The normalized spacial score (nSPS) is 16.2. The highest BCUT2D eigenvalue weighted by Gasteiger charge is 2.38. The molecule has 2 N–H and O–H groups in total. The Kier molecular flexibility index (Phi) is 4.75. The summed E-state index contributed by atoms with van der Waals surface area (Å²) in [7, 11) is 0. The van der Waals surface area contributed by atoms with E-state index in [1.807, 2.05) is 30.3 Å². The van der Waals surface area contributed by atoms with Crippen LogP contribution in [0.4, 0.5) is 0 Å². The highest BCUT2D eigenvalue weighted by Crippen LogP contribution is 2.36. The summed E-state index contributed by atoms with van der Waals surface area (Å²) in [4.78, 5) is 4.31. The highest BCUT2D eigenvalue weighted by atomic mass is 35.5. The topological polar surface area (TPSA) is 74.2 Å². The number of hydrogen-bond donors (Lipinski definition) is 1. The van der Waals surface area contributed by atoms with E-state index in [0.717, 1.165) is 24.8 Å². The summed E-state index contributed by atoms with van der Waals surface area (Å²) in [6, 6.07) is 9.98. The van der Waals surface area contributed by atoms with Gasteiger partial charge in [-0.2, -0.15) is 4.98 Å². The number of nitrogens with two attached hydrogens (primary N) is 1. The average Bonchev–Trinajstić information content (AvgIpc) is 2.86. The molecule has 2 aromatic rings. The summed E-state index contributed by atoms with van der Waals surface area (Å²) in [6.45, 7) is 0.851. The van der Waals surface area contributed by atoms with Gasteiger partial charge in [-0.25, -0.2) is 0 Å². The second kappa shape index (κ2) is 6.35. The molecule has 3 rings (SSSR count). The summed E-state index contributed by atoms with van der Waals surface area (Å²) < 4.78 is 10.7. The number of nitrogens with zero attached hydrogens (tertiary/aromatic N) is 2. The van der Waals surface area contributed by atoms with Crippen molar-refractivity contribution in [3.63, 3.8) is 0 Å². The Morgan fingerprint density at radius 3 is 2.60 bits per heavy atom. The molecule has 1 fully saturated rings. The van der Waals surface area contributed by atoms with Crippen LogP contribution in [0.3, 0.4) is 0 Å². The fraction of sp³-hybridized carbons (Fsp3) is 0.429. The highest BCUT2D eigenvalue weighted by molar-refractivity contribution is 5.85. The molecule has 0 atom stereocenters. The number of halogens is 1. The summed E-state index contributed by atoms with van der Waals surface area (Å²) in [5, 5.41) is 3.94. The number of ether oxygens (including phenoxy) is 1. The van der Waals surface area contributed by atoms with E-state index in [-0.39, 0.29) is 17.9 Å². The van der Waals surface area contributed by atoms with Gasteiger partial charge in [0.15, 0.2) is 5.82 Å². The first-order valence-electron chi connectivity index (χ1n) is 6.50. The van der Waals surface area contributed by atoms with Gasteiger partial charge in [-0.1, -0.05) is 35.5 Å². The lowest BCUT2D eigenvalue weighted by Crippen LogP contribution is -2.44. The van der Waals surface area contributed by atoms with Crippen LogP contribution in [0.5, 0.6) is 0 Å². The molecule has 1 saturated carbocycles. The molecule has 1 aromatic heterocycles. The van der Waals surface area contributed by atoms with Gasteiger partial charge in [0.25, 0.3) is 5.89 Å². The SMILES string of the molecule is Cl.NC1(c2noc(COCc3ccccc3)n2)CCC1. The maximum absolute atomic E-state index is 6.13. The molecule has 0 amide bonds. The number of aromatic nitrogens is 2. The van der Waals surface area contributed by atoms with Gasteiger partial charge in [-0.3, -0.25) is 0 Å². The first-order valence-corrected chi connectivity index (χ1v) is 6.50. The van der Waals surface area contributed by atoms with Crippen LogP contribution in [0.25, 0.3) is 0 Å². The molecular weight excluding hydrogens is 278 g/mol. The zero-order valence-corrected chi connectivity index (χ0v) is 11.9. The maximum atomic E-state index is 6.13. The van der Waals surface area contributed by atoms with Crippen LogP contribution in [0, 0.1) is 0 Å². The minimum absolute atomic E-state index is 0. The van der Waals surface area contributed by atoms with Crippen molar-refractivity contribution in [1.82, 2.24) is 10.1 Å². The zero-order valence-electron chi connectivity index (χ0n) is 11.1. The van der Waals surface area contributed by atoms with E-state index in [0.29, 0.717) is 24.9 Å². The van der Waals surface area contributed by atoms with Gasteiger partial charge in [-0.15, -0.1) is 12.4 Å². The van der Waals surface area contributed by atoms with Crippen molar-refractivity contribution < 1.29 is 9.26 Å². The van der Waals surface area contributed by atoms with E-state index >= 15 is 0 Å². The van der Waals surface area contributed by atoms with Crippen LogP contribution in [-0.2, 0) is 23.5 Å². The fourth-order valence-electron chi connectivity index (χ4n) is 2.13. The van der Waals surface area contributed by atoms with Gasteiger partial charge in [0, 0.05) is 0 Å². The molecule has 20 heavy (non-hydrogen) atoms. The molecule has 1 aromatic carbocycles. The lowest BCUT2D eigenvalue weighted by atomic mass is 9.77. The van der Waals surface area contributed by atoms with E-state index < -0.39 is 0 Å². The van der Waals surface area contributed by atoms with Crippen molar-refractivity contribution in [2.75, 3.05) is 0 Å². The summed E-state index contributed by atoms with van der Waals surface area (Å²) in [6.07, 6.45) is 2.98. The van der Waals surface area contributed by atoms with E-state index in [9.17, 15) is 0 Å². The molecular formula is C14H18ClN3O2. The third-order valence-electron chi connectivity index (χ3n) is 3.50. The molecule has 108 valence electrons. The quantitative estimate of drug-likeness (QED) is 0.917. The van der Waals surface area contributed by atoms with E-state index in [2.05, 4.69) is 10.1 Å². The second-order valence-corrected chi connectivity index (χ2v) is 5.00. The monoisotopic (exact) mass is 295 g/mol. The van der Waals surface area contributed by atoms with Crippen LogP contribution in [0.2, 0.25) is 0 Å². The molecule has 1 aliphatic carbocycles. The molecule has 0 bridgehead atoms. The van der Waals surface area contributed by atoms with Crippen molar-refractivity contribution in [2.24, 2.45) is 5.73 Å². The minimum Gasteiger partial charge on any atom is -0.367 e. The first kappa shape index (κ1) is 15.0. The molecule has 0 spiro atoms. The maximum Gasteiger partial charge on any atom is 0.252 e. The lowest BCUT2D eigenvalue weighted by molar-refractivity contribution is 0.0850. The van der Waals surface area contributed by atoms with Crippen molar-refractivity contribution in [2.45, 2.75) is 38.0 Å². The Labute approximate surface area is 123 Å². The Morgan fingerprint density at radius 2 is 1.95 bits per heavy atom. The van der Waals surface area contributed by atoms with E-state index in [1.165, 1.54) is 0 Å². The fourth-order valence-corrected chi connectivity index (χ4v) is 2.13. The van der Waals surface area contributed by atoms with Crippen LogP contribution in [-0.4, -0.2) is 10.1 Å². The van der Waals surface area contributed by atoms with Crippen LogP contribution in [0.1, 0.15) is 36.5 Å². The molecule has 0 radical (unpaired) electrons. The molecule has 1 aliphatic rings. The third-order valence-corrected chi connectivity index (χ3v) is 3.50. The Morgan fingerprint density at radius 1 is 1.20 bits per heavy atom. The summed E-state index contributed by atoms with van der Waals surface area (Å²) >= 11 is 0. The second-order valence-electron chi connectivity index (χ2n) is 5.00. The molecule has 0 unspecified atom stereocenters. The van der Waals surface area contributed by atoms with Gasteiger partial charge < -0.3 is 15.0 Å². The van der Waals surface area contributed by atoms with Crippen molar-refractivity contribution in [1.29, 1.82) is 0 Å². The van der Waals surface area contributed by atoms with Gasteiger partial charge in [0.1, 0.15) is 6.61 Å². The van der Waals surface area contributed by atoms with Crippen LogP contribution < -0.4 is 5.73 Å². The predicted octanol–water partition coefficient (Wildman–Crippen LogP) is 2.55. The van der Waals surface area contributed by atoms with Gasteiger partial charge in [-0.05, 0) is 24.8 Å². The predicted molar refractivity (Wildman–Crippen MR) is 76.2 cm³/mol. The van der Waals surface area contributed by atoms with Gasteiger partial charge in [0.05, 0.1) is 12.1 Å². The van der Waals surface area contributed by atoms with Crippen molar-refractivity contribution in [3.05, 3.63) is 47.6 Å². The van der Waals surface area contributed by atoms with Gasteiger partial charge >= 0.3 is 0 Å². The number of rotatable bonds is 5. The largest absolute Gasteiger partial charge is 0.367 e. The van der Waals surface area contributed by atoms with E-state index in [1.54, 1.807) is 0 Å². The molecule has 5 nitrogen and oxygen atoms in total. The van der Waals surface area contributed by atoms with Crippen LogP contribution in [0.15, 0.2) is 34.9 Å². The lowest BCUT2D eigenvalue weighted by Gasteiger charge is -2.34. The average molecular weight is 296 g/mol. The Bertz CT molecular complexity index is 540. The van der Waals surface area contributed by atoms with E-state index in [4.69, 9.17) is 15.0 Å². The molecule has 0 aliphatic heterocycles. The zero-order chi connectivity index (χ0) is 13.1. The van der Waals surface area contributed by atoms with Crippen molar-refractivity contribution in [3.8, 4) is 0 Å². The Balaban J connectivity index is 0.00000147. The summed E-state index contributed by atoms with van der Waals surface area (Å²) in [5.41, 5.74) is 6.88. The summed E-state index contributed by atoms with van der Waals surface area (Å²) in [5.74, 6) is 1.10. The first-order chi connectivity index (χ1) is 9.26. The number of benzene rings is 1. The standard InChI is InChI=1S/C14H17N3O2.ClH/c15-14(7-4-8-14)13-16-12(19-17-13)10-18-9-11-5-2-1-3-6-11;/h1-3,5-6H,4,7-10,15H2;1H.